The van der Waals surface area contributed by atoms with E-state index in [0.717, 1.165) is 33.4 Å². The highest BCUT2D eigenvalue weighted by Gasteiger charge is 2.32. The molecule has 2 amide bonds. The number of carboxylic acids is 1. The summed E-state index contributed by atoms with van der Waals surface area (Å²) in [5, 5.41) is 31.0. The second-order valence-electron chi connectivity index (χ2n) is 11.3. The van der Waals surface area contributed by atoms with Crippen LogP contribution in [0.1, 0.15) is 70.7 Å². The van der Waals surface area contributed by atoms with Crippen molar-refractivity contribution in [2.45, 2.75) is 62.4 Å². The number of hydrogen-bond donors (Lipinski definition) is 5. The number of carboxylic acid groups (broad SMARTS) is 1. The van der Waals surface area contributed by atoms with E-state index >= 15 is 0 Å². The summed E-state index contributed by atoms with van der Waals surface area (Å²) in [5.74, 6) is -1.28. The zero-order valence-corrected chi connectivity index (χ0v) is 26.9. The summed E-state index contributed by atoms with van der Waals surface area (Å²) in [6.07, 6.45) is 1.41. The molecule has 2 heterocycles. The molecule has 1 saturated heterocycles. The lowest BCUT2D eigenvalue weighted by atomic mass is 9.97. The summed E-state index contributed by atoms with van der Waals surface area (Å²) in [6.45, 7) is 0.258. The average molecular weight is 672 g/mol. The number of aliphatic hydroxyl groups excluding tert-OH is 1. The lowest BCUT2D eigenvalue weighted by Crippen LogP contribution is -2.31. The molecule has 5 rings (SSSR count). The number of nitrogens with one attached hydrogen (secondary N) is 2. The topological polar surface area (TPSA) is 167 Å². The number of aromatic nitrogens is 1. The van der Waals surface area contributed by atoms with Crippen molar-refractivity contribution in [1.82, 2.24) is 15.8 Å². The SMILES string of the molecule is O=C(CCCC(=O)NCc1ccccc1-c1ccc([C@H]2O[C@@H](CSc3ncccc3C(=O)O)C[C@@H](c3ccc(CO)cc3)O2)cc1)NO. The van der Waals surface area contributed by atoms with E-state index in [1.807, 2.05) is 72.8 Å². The predicted molar refractivity (Wildman–Crippen MR) is 178 cm³/mol. The van der Waals surface area contributed by atoms with Crippen LogP contribution in [0.5, 0.6) is 0 Å². The first-order valence-electron chi connectivity index (χ1n) is 15.5. The van der Waals surface area contributed by atoms with Crippen LogP contribution in [0.3, 0.4) is 0 Å². The van der Waals surface area contributed by atoms with Crippen LogP contribution >= 0.6 is 11.8 Å². The quantitative estimate of drug-likeness (QED) is 0.0650. The van der Waals surface area contributed by atoms with E-state index in [-0.39, 0.29) is 43.1 Å². The molecule has 0 saturated carbocycles. The fraction of sp³-hybridized carbons (Fsp3) is 0.278. The summed E-state index contributed by atoms with van der Waals surface area (Å²) in [6, 6.07) is 26.4. The summed E-state index contributed by atoms with van der Waals surface area (Å²) in [5.41, 5.74) is 7.09. The van der Waals surface area contributed by atoms with Crippen LogP contribution < -0.4 is 10.8 Å². The van der Waals surface area contributed by atoms with E-state index in [0.29, 0.717) is 30.2 Å². The van der Waals surface area contributed by atoms with E-state index in [2.05, 4.69) is 10.3 Å². The maximum Gasteiger partial charge on any atom is 0.338 e. The van der Waals surface area contributed by atoms with Crippen LogP contribution in [0.15, 0.2) is 96.2 Å². The van der Waals surface area contributed by atoms with Gasteiger partial charge < -0.3 is 25.0 Å². The second-order valence-corrected chi connectivity index (χ2v) is 12.3. The Kier molecular flexibility index (Phi) is 12.3. The van der Waals surface area contributed by atoms with Crippen molar-refractivity contribution in [3.05, 3.63) is 119 Å². The maximum atomic E-state index is 12.3. The third kappa shape index (κ3) is 9.27. The summed E-state index contributed by atoms with van der Waals surface area (Å²) in [4.78, 5) is 39.5. The van der Waals surface area contributed by atoms with Gasteiger partial charge in [0.05, 0.1) is 24.4 Å². The highest BCUT2D eigenvalue weighted by Crippen LogP contribution is 2.40. The third-order valence-electron chi connectivity index (χ3n) is 7.94. The molecule has 1 fully saturated rings. The number of aliphatic hydroxyl groups is 1. The largest absolute Gasteiger partial charge is 0.478 e. The van der Waals surface area contributed by atoms with Gasteiger partial charge in [-0.05, 0) is 46.4 Å². The Labute approximate surface area is 282 Å². The average Bonchev–Trinajstić information content (AvgIpc) is 3.13. The fourth-order valence-electron chi connectivity index (χ4n) is 5.39. The number of rotatable bonds is 14. The summed E-state index contributed by atoms with van der Waals surface area (Å²) >= 11 is 1.33. The molecule has 12 heteroatoms. The molecule has 3 aromatic carbocycles. The van der Waals surface area contributed by atoms with Crippen LogP contribution in [-0.2, 0) is 32.2 Å². The number of benzene rings is 3. The number of amides is 2. The molecule has 0 spiro atoms. The van der Waals surface area contributed by atoms with Crippen molar-refractivity contribution in [3.8, 4) is 11.1 Å². The zero-order chi connectivity index (χ0) is 33.9. The molecule has 250 valence electrons. The molecule has 1 aromatic heterocycles. The molecular weight excluding hydrogens is 634 g/mol. The van der Waals surface area contributed by atoms with Gasteiger partial charge in [0.2, 0.25) is 11.8 Å². The Bertz CT molecular complexity index is 1700. The molecule has 0 unspecified atom stereocenters. The van der Waals surface area contributed by atoms with Crippen molar-refractivity contribution < 1.29 is 39.3 Å². The highest BCUT2D eigenvalue weighted by molar-refractivity contribution is 7.99. The van der Waals surface area contributed by atoms with Gasteiger partial charge in [-0.2, -0.15) is 0 Å². The smallest absolute Gasteiger partial charge is 0.338 e. The summed E-state index contributed by atoms with van der Waals surface area (Å²) in [7, 11) is 0. The number of carbonyl (C=O) groups excluding carboxylic acids is 2. The number of pyridine rings is 1. The monoisotopic (exact) mass is 671 g/mol. The van der Waals surface area contributed by atoms with Gasteiger partial charge >= 0.3 is 5.97 Å². The Hall–Kier alpha value is -4.59. The minimum Gasteiger partial charge on any atom is -0.478 e. The third-order valence-corrected chi connectivity index (χ3v) is 9.08. The number of nitrogens with zero attached hydrogens (tertiary/aromatic N) is 1. The lowest BCUT2D eigenvalue weighted by molar-refractivity contribution is -0.245. The van der Waals surface area contributed by atoms with E-state index < -0.39 is 18.2 Å². The summed E-state index contributed by atoms with van der Waals surface area (Å²) < 4.78 is 12.9. The van der Waals surface area contributed by atoms with Crippen LogP contribution in [0.25, 0.3) is 11.1 Å². The molecule has 5 N–H and O–H groups in total. The number of hydroxylamine groups is 1. The van der Waals surface area contributed by atoms with Crippen LogP contribution in [-0.4, -0.2) is 50.0 Å². The number of carbonyl (C=O) groups is 3. The molecule has 3 atom stereocenters. The Morgan fingerprint density at radius 1 is 0.875 bits per heavy atom. The molecule has 0 bridgehead atoms. The standard InChI is InChI=1S/C36H37N3O8S/c40-21-23-10-12-25(13-11-23)31-19-28(22-48-34-30(35(43)44)7-4-18-37-34)46-36(47-31)26-16-14-24(15-17-26)29-6-2-1-5-27(29)20-38-32(41)8-3-9-33(42)39-45/h1-2,4-7,10-18,28,31,36,40,45H,3,8-9,19-22H2,(H,38,41)(H,39,42)(H,43,44)/t28-,31+,36+/m1/s1. The number of aromatic carboxylic acids is 1. The zero-order valence-electron chi connectivity index (χ0n) is 26.1. The number of ether oxygens (including phenoxy) is 2. The Balaban J connectivity index is 1.30. The van der Waals surface area contributed by atoms with Crippen LogP contribution in [0, 0.1) is 0 Å². The first-order valence-corrected chi connectivity index (χ1v) is 16.5. The Morgan fingerprint density at radius 2 is 1.60 bits per heavy atom. The normalized spacial score (nSPS) is 17.4. The van der Waals surface area contributed by atoms with Gasteiger partial charge in [-0.15, -0.1) is 11.8 Å². The minimum absolute atomic E-state index is 0.0554. The van der Waals surface area contributed by atoms with Crippen molar-refractivity contribution >= 4 is 29.5 Å². The molecule has 48 heavy (non-hydrogen) atoms. The fourth-order valence-corrected chi connectivity index (χ4v) is 6.39. The van der Waals surface area contributed by atoms with Crippen molar-refractivity contribution in [2.24, 2.45) is 0 Å². The minimum atomic E-state index is -1.04. The van der Waals surface area contributed by atoms with E-state index in [4.69, 9.17) is 14.7 Å². The van der Waals surface area contributed by atoms with Crippen molar-refractivity contribution in [2.75, 3.05) is 5.75 Å². The van der Waals surface area contributed by atoms with Gasteiger partial charge in [0.1, 0.15) is 5.03 Å². The van der Waals surface area contributed by atoms with E-state index in [9.17, 15) is 24.6 Å². The van der Waals surface area contributed by atoms with Crippen LogP contribution in [0.4, 0.5) is 0 Å². The van der Waals surface area contributed by atoms with Crippen molar-refractivity contribution in [1.29, 1.82) is 0 Å². The maximum absolute atomic E-state index is 12.3. The molecule has 0 aliphatic carbocycles. The van der Waals surface area contributed by atoms with Crippen LogP contribution in [0.2, 0.25) is 0 Å². The number of thioether (sulfide) groups is 1. The first-order chi connectivity index (χ1) is 23.3. The lowest BCUT2D eigenvalue weighted by Gasteiger charge is -2.36. The number of hydrogen-bond acceptors (Lipinski definition) is 9. The van der Waals surface area contributed by atoms with Gasteiger partial charge in [-0.1, -0.05) is 72.8 Å². The Morgan fingerprint density at radius 3 is 2.33 bits per heavy atom. The van der Waals surface area contributed by atoms with E-state index in [1.165, 1.54) is 17.8 Å². The van der Waals surface area contributed by atoms with Gasteiger partial charge in [0, 0.05) is 43.3 Å². The molecule has 11 nitrogen and oxygen atoms in total. The van der Waals surface area contributed by atoms with Gasteiger partial charge in [0.15, 0.2) is 6.29 Å². The second kappa shape index (κ2) is 17.0. The molecule has 0 radical (unpaired) electrons. The highest BCUT2D eigenvalue weighted by atomic mass is 32.2. The predicted octanol–water partition coefficient (Wildman–Crippen LogP) is 5.57. The van der Waals surface area contributed by atoms with Gasteiger partial charge in [-0.3, -0.25) is 14.8 Å². The molecule has 4 aromatic rings. The van der Waals surface area contributed by atoms with E-state index in [1.54, 1.807) is 17.7 Å². The van der Waals surface area contributed by atoms with Gasteiger partial charge in [-0.25, -0.2) is 15.3 Å². The van der Waals surface area contributed by atoms with Crippen molar-refractivity contribution in [3.63, 3.8) is 0 Å². The molecular formula is C36H37N3O8S. The molecule has 1 aliphatic rings. The molecule has 1 aliphatic heterocycles. The van der Waals surface area contributed by atoms with Gasteiger partial charge in [0.25, 0.3) is 0 Å². The first kappa shape index (κ1) is 34.7.